The summed E-state index contributed by atoms with van der Waals surface area (Å²) in [6, 6.07) is 9.78. The Labute approximate surface area is 139 Å². The lowest BCUT2D eigenvalue weighted by Crippen LogP contribution is -2.30. The van der Waals surface area contributed by atoms with E-state index in [-0.39, 0.29) is 12.5 Å². The minimum atomic E-state index is -0.787. The van der Waals surface area contributed by atoms with Crippen molar-refractivity contribution in [2.24, 2.45) is 17.8 Å². The molecular weight excluding hydrogens is 290 g/mol. The number of allylic oxidation sites excluding steroid dienone is 1. The zero-order chi connectivity index (χ0) is 17.2. The van der Waals surface area contributed by atoms with Gasteiger partial charge < -0.3 is 14.6 Å². The first-order valence-corrected chi connectivity index (χ1v) is 7.92. The predicted molar refractivity (Wildman–Crippen MR) is 90.9 cm³/mol. The Bertz CT molecular complexity index is 506. The van der Waals surface area contributed by atoms with Gasteiger partial charge in [-0.2, -0.15) is 5.26 Å². The van der Waals surface area contributed by atoms with Crippen LogP contribution >= 0.6 is 0 Å². The lowest BCUT2D eigenvalue weighted by molar-refractivity contribution is -0.00234. The van der Waals surface area contributed by atoms with Gasteiger partial charge >= 0.3 is 0 Å². The van der Waals surface area contributed by atoms with Crippen LogP contribution in [0.4, 0.5) is 0 Å². The normalized spacial score (nSPS) is 16.0. The van der Waals surface area contributed by atoms with Crippen molar-refractivity contribution in [1.82, 2.24) is 0 Å². The van der Waals surface area contributed by atoms with E-state index >= 15 is 0 Å². The molecular formula is C19H27NO3. The lowest BCUT2D eigenvalue weighted by atomic mass is 9.84. The maximum atomic E-state index is 10.2. The number of hydrogen-bond donors (Lipinski definition) is 1. The number of rotatable bonds is 10. The van der Waals surface area contributed by atoms with E-state index in [9.17, 15) is 10.4 Å². The average molecular weight is 317 g/mol. The quantitative estimate of drug-likeness (QED) is 0.670. The molecule has 1 aromatic carbocycles. The number of hydrogen-bond acceptors (Lipinski definition) is 4. The van der Waals surface area contributed by atoms with E-state index in [1.807, 2.05) is 37.3 Å². The highest BCUT2D eigenvalue weighted by Gasteiger charge is 2.26. The highest BCUT2D eigenvalue weighted by Crippen LogP contribution is 2.23. The zero-order valence-corrected chi connectivity index (χ0v) is 14.2. The zero-order valence-electron chi connectivity index (χ0n) is 14.2. The summed E-state index contributed by atoms with van der Waals surface area (Å²) in [7, 11) is 1.62. The van der Waals surface area contributed by atoms with Crippen LogP contribution in [-0.2, 0) is 11.3 Å². The van der Waals surface area contributed by atoms with Crippen LogP contribution in [0, 0.1) is 29.1 Å². The Kier molecular flexibility index (Phi) is 8.39. The molecule has 0 unspecified atom stereocenters. The molecule has 0 spiro atoms. The highest BCUT2D eigenvalue weighted by atomic mass is 16.5. The number of methoxy groups -OCH3 is 1. The summed E-state index contributed by atoms with van der Waals surface area (Å²) >= 11 is 0. The lowest BCUT2D eigenvalue weighted by Gasteiger charge is -2.24. The van der Waals surface area contributed by atoms with Crippen molar-refractivity contribution in [3.05, 3.63) is 42.5 Å². The highest BCUT2D eigenvalue weighted by molar-refractivity contribution is 5.26. The van der Waals surface area contributed by atoms with Crippen LogP contribution in [0.5, 0.6) is 5.75 Å². The van der Waals surface area contributed by atoms with Gasteiger partial charge in [-0.15, -0.1) is 6.58 Å². The third-order valence-electron chi connectivity index (χ3n) is 4.04. The van der Waals surface area contributed by atoms with Crippen LogP contribution in [0.2, 0.25) is 0 Å². The molecule has 4 atom stereocenters. The minimum absolute atomic E-state index is 0.0904. The van der Waals surface area contributed by atoms with Gasteiger partial charge in [-0.1, -0.05) is 32.1 Å². The summed E-state index contributed by atoms with van der Waals surface area (Å²) in [6.07, 6.45) is 1.92. The van der Waals surface area contributed by atoms with E-state index < -0.39 is 12.0 Å². The van der Waals surface area contributed by atoms with Gasteiger partial charge in [0.1, 0.15) is 5.75 Å². The van der Waals surface area contributed by atoms with Crippen molar-refractivity contribution in [2.75, 3.05) is 13.7 Å². The van der Waals surface area contributed by atoms with Gasteiger partial charge in [-0.3, -0.25) is 0 Å². The number of aliphatic hydroxyl groups excluding tert-OH is 1. The first-order valence-electron chi connectivity index (χ1n) is 7.92. The Morgan fingerprint density at radius 2 is 1.96 bits per heavy atom. The van der Waals surface area contributed by atoms with Crippen molar-refractivity contribution >= 4 is 0 Å². The fraction of sp³-hybridized carbons (Fsp3) is 0.526. The van der Waals surface area contributed by atoms with Crippen molar-refractivity contribution in [3.8, 4) is 11.8 Å². The van der Waals surface area contributed by atoms with Gasteiger partial charge in [-0.05, 0) is 36.0 Å². The van der Waals surface area contributed by atoms with Gasteiger partial charge in [0.25, 0.3) is 0 Å². The Morgan fingerprint density at radius 3 is 2.48 bits per heavy atom. The molecule has 0 heterocycles. The van der Waals surface area contributed by atoms with E-state index in [1.165, 1.54) is 0 Å². The molecule has 0 fully saturated rings. The van der Waals surface area contributed by atoms with Crippen LogP contribution < -0.4 is 4.74 Å². The van der Waals surface area contributed by atoms with Crippen LogP contribution in [0.15, 0.2) is 36.9 Å². The van der Waals surface area contributed by atoms with Gasteiger partial charge in [0.2, 0.25) is 0 Å². The molecule has 0 amide bonds. The smallest absolute Gasteiger partial charge is 0.118 e. The molecule has 0 saturated carbocycles. The molecule has 0 aliphatic rings. The Balaban J connectivity index is 2.45. The van der Waals surface area contributed by atoms with E-state index in [0.29, 0.717) is 12.5 Å². The van der Waals surface area contributed by atoms with E-state index in [0.717, 1.165) is 17.7 Å². The molecule has 0 saturated heterocycles. The van der Waals surface area contributed by atoms with Crippen molar-refractivity contribution in [1.29, 1.82) is 5.26 Å². The van der Waals surface area contributed by atoms with E-state index in [1.54, 1.807) is 7.11 Å². The maximum absolute atomic E-state index is 10.2. The summed E-state index contributed by atoms with van der Waals surface area (Å²) in [4.78, 5) is 0. The van der Waals surface area contributed by atoms with E-state index in [4.69, 9.17) is 9.47 Å². The number of nitrogens with zero attached hydrogens (tertiary/aromatic N) is 1. The molecule has 0 aliphatic carbocycles. The van der Waals surface area contributed by atoms with Gasteiger partial charge in [-0.25, -0.2) is 0 Å². The van der Waals surface area contributed by atoms with Crippen LogP contribution in [0.25, 0.3) is 0 Å². The molecule has 126 valence electrons. The summed E-state index contributed by atoms with van der Waals surface area (Å²) in [5.41, 5.74) is 1.000. The molecule has 1 rings (SSSR count). The number of benzene rings is 1. The molecule has 4 heteroatoms. The largest absolute Gasteiger partial charge is 0.497 e. The van der Waals surface area contributed by atoms with Gasteiger partial charge in [0.15, 0.2) is 0 Å². The number of aliphatic hydroxyl groups is 1. The van der Waals surface area contributed by atoms with Crippen LogP contribution in [0.3, 0.4) is 0 Å². The second-order valence-electron chi connectivity index (χ2n) is 6.01. The predicted octanol–water partition coefficient (Wildman–Crippen LogP) is 3.56. The van der Waals surface area contributed by atoms with Gasteiger partial charge in [0.05, 0.1) is 38.4 Å². The Morgan fingerprint density at radius 1 is 1.30 bits per heavy atom. The fourth-order valence-electron chi connectivity index (χ4n) is 2.54. The summed E-state index contributed by atoms with van der Waals surface area (Å²) in [6.45, 7) is 8.36. The summed E-state index contributed by atoms with van der Waals surface area (Å²) < 4.78 is 10.7. The molecule has 0 aliphatic heterocycles. The third kappa shape index (κ3) is 6.43. The molecule has 1 N–H and O–H groups in total. The number of nitriles is 1. The second kappa shape index (κ2) is 10.0. The average Bonchev–Trinajstić information content (AvgIpc) is 2.56. The molecule has 4 nitrogen and oxygen atoms in total. The monoisotopic (exact) mass is 317 g/mol. The third-order valence-corrected chi connectivity index (χ3v) is 4.04. The molecule has 1 aromatic rings. The van der Waals surface area contributed by atoms with Crippen LogP contribution in [0.1, 0.15) is 25.8 Å². The minimum Gasteiger partial charge on any atom is -0.497 e. The van der Waals surface area contributed by atoms with Crippen LogP contribution in [-0.4, -0.2) is 24.9 Å². The summed E-state index contributed by atoms with van der Waals surface area (Å²) in [5, 5.41) is 19.6. The fourth-order valence-corrected chi connectivity index (χ4v) is 2.54. The number of ether oxygens (including phenoxy) is 2. The maximum Gasteiger partial charge on any atom is 0.118 e. The standard InChI is InChI=1S/C19H27NO3/c1-5-14(2)10-15(3)18(11-20)19(21)13-23-12-16-6-8-17(22-4)9-7-16/h5-9,14-15,18-19,21H,1,10,12-13H2,2-4H3/t14-,15-,18+,19-/m1/s1. The summed E-state index contributed by atoms with van der Waals surface area (Å²) in [5.74, 6) is 0.776. The Hall–Kier alpha value is -1.83. The molecule has 0 bridgehead atoms. The van der Waals surface area contributed by atoms with Gasteiger partial charge in [0, 0.05) is 0 Å². The van der Waals surface area contributed by atoms with E-state index in [2.05, 4.69) is 19.6 Å². The topological polar surface area (TPSA) is 62.5 Å². The van der Waals surface area contributed by atoms with Crippen molar-refractivity contribution in [2.45, 2.75) is 33.0 Å². The molecule has 23 heavy (non-hydrogen) atoms. The molecule has 0 aromatic heterocycles. The SMILES string of the molecule is C=C[C@@H](C)C[C@@H](C)[C@H](C#N)[C@H](O)COCc1ccc(OC)cc1. The van der Waals surface area contributed by atoms with Crippen molar-refractivity contribution < 1.29 is 14.6 Å². The first kappa shape index (κ1) is 19.2. The van der Waals surface area contributed by atoms with Crippen molar-refractivity contribution in [3.63, 3.8) is 0 Å². The second-order valence-corrected chi connectivity index (χ2v) is 6.01. The first-order chi connectivity index (χ1) is 11.0. The molecule has 0 radical (unpaired) electrons.